The van der Waals surface area contributed by atoms with Crippen LogP contribution in [0, 0.1) is 0 Å². The van der Waals surface area contributed by atoms with Crippen LogP contribution in [-0.2, 0) is 0 Å². The molecule has 2 aromatic rings. The predicted molar refractivity (Wildman–Crippen MR) is 71.8 cm³/mol. The Morgan fingerprint density at radius 2 is 1.89 bits per heavy atom. The molecule has 0 radical (unpaired) electrons. The first-order valence-electron chi connectivity index (χ1n) is 5.91. The van der Waals surface area contributed by atoms with Crippen LogP contribution in [0.1, 0.15) is 17.3 Å². The van der Waals surface area contributed by atoms with Crippen molar-refractivity contribution in [3.8, 4) is 28.4 Å². The molecule has 0 saturated heterocycles. The standard InChI is InChI=1S/C15H14O4/c1-2-19-13-6-4-3-5-11(13)14-10(9-16)7-8-12(17)15(14)18/h3-9,17-18H,2H2,1H3. The second kappa shape index (κ2) is 5.44. The number of phenolic OH excluding ortho intramolecular Hbond substituents is 2. The summed E-state index contributed by atoms with van der Waals surface area (Å²) >= 11 is 0. The van der Waals surface area contributed by atoms with Gasteiger partial charge in [0.2, 0.25) is 0 Å². The fourth-order valence-corrected chi connectivity index (χ4v) is 1.93. The number of ether oxygens (including phenoxy) is 1. The summed E-state index contributed by atoms with van der Waals surface area (Å²) in [5.41, 5.74) is 1.14. The number of hydrogen-bond acceptors (Lipinski definition) is 4. The van der Waals surface area contributed by atoms with E-state index in [1.165, 1.54) is 12.1 Å². The fourth-order valence-electron chi connectivity index (χ4n) is 1.93. The van der Waals surface area contributed by atoms with Crippen LogP contribution in [0.4, 0.5) is 0 Å². The molecular weight excluding hydrogens is 244 g/mol. The Kier molecular flexibility index (Phi) is 3.71. The smallest absolute Gasteiger partial charge is 0.166 e. The van der Waals surface area contributed by atoms with Crippen LogP contribution in [-0.4, -0.2) is 23.1 Å². The molecular formula is C15H14O4. The SMILES string of the molecule is CCOc1ccccc1-c1c(C=O)ccc(O)c1O. The van der Waals surface area contributed by atoms with Gasteiger partial charge in [-0.2, -0.15) is 0 Å². The number of phenols is 2. The zero-order valence-electron chi connectivity index (χ0n) is 10.5. The molecule has 2 rings (SSSR count). The fraction of sp³-hybridized carbons (Fsp3) is 0.133. The Hall–Kier alpha value is -2.49. The molecule has 4 nitrogen and oxygen atoms in total. The van der Waals surface area contributed by atoms with Gasteiger partial charge in [-0.15, -0.1) is 0 Å². The molecule has 98 valence electrons. The van der Waals surface area contributed by atoms with Crippen LogP contribution in [0.5, 0.6) is 17.2 Å². The van der Waals surface area contributed by atoms with E-state index in [4.69, 9.17) is 4.74 Å². The van der Waals surface area contributed by atoms with E-state index < -0.39 is 0 Å². The Morgan fingerprint density at radius 1 is 1.16 bits per heavy atom. The van der Waals surface area contributed by atoms with E-state index >= 15 is 0 Å². The number of carbonyl (C=O) groups is 1. The van der Waals surface area contributed by atoms with Gasteiger partial charge in [0.05, 0.1) is 6.61 Å². The molecule has 4 heteroatoms. The van der Waals surface area contributed by atoms with Gasteiger partial charge in [-0.25, -0.2) is 0 Å². The number of hydrogen-bond donors (Lipinski definition) is 2. The molecule has 0 unspecified atom stereocenters. The van der Waals surface area contributed by atoms with Crippen LogP contribution in [0.2, 0.25) is 0 Å². The summed E-state index contributed by atoms with van der Waals surface area (Å²) in [5.74, 6) is -0.0438. The lowest BCUT2D eigenvalue weighted by molar-refractivity contribution is 0.112. The maximum absolute atomic E-state index is 11.1. The zero-order chi connectivity index (χ0) is 13.8. The molecule has 0 saturated carbocycles. The number of benzene rings is 2. The lowest BCUT2D eigenvalue weighted by Gasteiger charge is -2.13. The molecule has 0 fully saturated rings. The normalized spacial score (nSPS) is 10.2. The van der Waals surface area contributed by atoms with Gasteiger partial charge in [-0.3, -0.25) is 4.79 Å². The molecule has 0 aromatic heterocycles. The average molecular weight is 258 g/mol. The maximum Gasteiger partial charge on any atom is 0.166 e. The topological polar surface area (TPSA) is 66.8 Å². The number of rotatable bonds is 4. The minimum atomic E-state index is -0.322. The van der Waals surface area contributed by atoms with Crippen molar-refractivity contribution < 1.29 is 19.7 Å². The number of aromatic hydroxyl groups is 2. The van der Waals surface area contributed by atoms with E-state index in [1.807, 2.05) is 6.92 Å². The molecule has 0 amide bonds. The van der Waals surface area contributed by atoms with Crippen LogP contribution in [0.3, 0.4) is 0 Å². The van der Waals surface area contributed by atoms with Gasteiger partial charge in [0, 0.05) is 16.7 Å². The van der Waals surface area contributed by atoms with E-state index in [2.05, 4.69) is 0 Å². The third-order valence-corrected chi connectivity index (χ3v) is 2.77. The van der Waals surface area contributed by atoms with Crippen LogP contribution < -0.4 is 4.74 Å². The van der Waals surface area contributed by atoms with Crippen molar-refractivity contribution in [2.75, 3.05) is 6.61 Å². The highest BCUT2D eigenvalue weighted by molar-refractivity contribution is 5.93. The Balaban J connectivity index is 2.71. The van der Waals surface area contributed by atoms with Gasteiger partial charge in [0.1, 0.15) is 5.75 Å². The van der Waals surface area contributed by atoms with Crippen molar-refractivity contribution in [2.24, 2.45) is 0 Å². The van der Waals surface area contributed by atoms with Gasteiger partial charge in [0.25, 0.3) is 0 Å². The van der Waals surface area contributed by atoms with Gasteiger partial charge >= 0.3 is 0 Å². The van der Waals surface area contributed by atoms with Gasteiger partial charge in [0.15, 0.2) is 17.8 Å². The van der Waals surface area contributed by atoms with Crippen molar-refractivity contribution >= 4 is 6.29 Å². The Bertz CT molecular complexity index is 605. The van der Waals surface area contributed by atoms with E-state index in [0.717, 1.165) is 0 Å². The molecule has 0 aliphatic heterocycles. The largest absolute Gasteiger partial charge is 0.504 e. The van der Waals surface area contributed by atoms with E-state index in [1.54, 1.807) is 24.3 Å². The first-order chi connectivity index (χ1) is 9.19. The molecule has 0 aliphatic rings. The van der Waals surface area contributed by atoms with Crippen molar-refractivity contribution in [2.45, 2.75) is 6.92 Å². The first kappa shape index (κ1) is 13.0. The number of carbonyl (C=O) groups excluding carboxylic acids is 1. The second-order valence-corrected chi connectivity index (χ2v) is 3.94. The molecule has 0 bridgehead atoms. The van der Waals surface area contributed by atoms with Gasteiger partial charge in [-0.05, 0) is 25.1 Å². The number of para-hydroxylation sites is 1. The highest BCUT2D eigenvalue weighted by atomic mass is 16.5. The summed E-state index contributed by atoms with van der Waals surface area (Å²) < 4.78 is 5.48. The quantitative estimate of drug-likeness (QED) is 0.653. The van der Waals surface area contributed by atoms with Gasteiger partial charge < -0.3 is 14.9 Å². The van der Waals surface area contributed by atoms with Crippen molar-refractivity contribution in [3.05, 3.63) is 42.0 Å². The summed E-state index contributed by atoms with van der Waals surface area (Å²) in [5, 5.41) is 19.6. The summed E-state index contributed by atoms with van der Waals surface area (Å²) in [4.78, 5) is 11.1. The zero-order valence-corrected chi connectivity index (χ0v) is 10.5. The van der Waals surface area contributed by atoms with Crippen molar-refractivity contribution in [3.63, 3.8) is 0 Å². The average Bonchev–Trinajstić information content (AvgIpc) is 2.43. The summed E-state index contributed by atoms with van der Waals surface area (Å²) in [7, 11) is 0. The van der Waals surface area contributed by atoms with E-state index in [-0.39, 0.29) is 17.1 Å². The molecule has 0 spiro atoms. The molecule has 2 N–H and O–H groups in total. The number of aldehydes is 1. The minimum absolute atomic E-state index is 0.271. The lowest BCUT2D eigenvalue weighted by atomic mass is 9.98. The molecule has 19 heavy (non-hydrogen) atoms. The summed E-state index contributed by atoms with van der Waals surface area (Å²) in [6.45, 7) is 2.31. The monoisotopic (exact) mass is 258 g/mol. The highest BCUT2D eigenvalue weighted by Crippen LogP contribution is 2.42. The lowest BCUT2D eigenvalue weighted by Crippen LogP contribution is -1.96. The minimum Gasteiger partial charge on any atom is -0.504 e. The third-order valence-electron chi connectivity index (χ3n) is 2.77. The third kappa shape index (κ3) is 2.38. The summed E-state index contributed by atoms with van der Waals surface area (Å²) in [6, 6.07) is 9.79. The van der Waals surface area contributed by atoms with Crippen molar-refractivity contribution in [1.29, 1.82) is 0 Å². The maximum atomic E-state index is 11.1. The van der Waals surface area contributed by atoms with Crippen LogP contribution in [0.25, 0.3) is 11.1 Å². The first-order valence-corrected chi connectivity index (χ1v) is 5.91. The summed E-state index contributed by atoms with van der Waals surface area (Å²) in [6.07, 6.45) is 0.636. The van der Waals surface area contributed by atoms with Crippen LogP contribution >= 0.6 is 0 Å². The van der Waals surface area contributed by atoms with E-state index in [9.17, 15) is 15.0 Å². The molecule has 0 aliphatic carbocycles. The Morgan fingerprint density at radius 3 is 2.58 bits per heavy atom. The van der Waals surface area contributed by atoms with Gasteiger partial charge in [-0.1, -0.05) is 18.2 Å². The van der Waals surface area contributed by atoms with Crippen LogP contribution in [0.15, 0.2) is 36.4 Å². The molecule has 0 heterocycles. The van der Waals surface area contributed by atoms with E-state index in [0.29, 0.717) is 29.8 Å². The second-order valence-electron chi connectivity index (χ2n) is 3.94. The highest BCUT2D eigenvalue weighted by Gasteiger charge is 2.17. The van der Waals surface area contributed by atoms with Crippen molar-refractivity contribution in [1.82, 2.24) is 0 Å². The predicted octanol–water partition coefficient (Wildman–Crippen LogP) is 2.98. The molecule has 0 atom stereocenters. The molecule has 2 aromatic carbocycles. The Labute approximate surface area is 110 Å².